The van der Waals surface area contributed by atoms with Crippen LogP contribution in [0, 0.1) is 13.8 Å². The predicted octanol–water partition coefficient (Wildman–Crippen LogP) is 2.20. The zero-order valence-corrected chi connectivity index (χ0v) is 11.9. The highest BCUT2D eigenvalue weighted by Gasteiger charge is 2.10. The molecule has 3 rings (SSSR count). The van der Waals surface area contributed by atoms with Gasteiger partial charge in [0.05, 0.1) is 30.1 Å². The molecule has 3 heterocycles. The van der Waals surface area contributed by atoms with Gasteiger partial charge in [-0.2, -0.15) is 10.2 Å². The van der Waals surface area contributed by atoms with E-state index in [9.17, 15) is 5.11 Å². The minimum Gasteiger partial charge on any atom is -0.391 e. The van der Waals surface area contributed by atoms with Crippen molar-refractivity contribution in [3.8, 4) is 11.1 Å². The van der Waals surface area contributed by atoms with Crippen LogP contribution in [0.15, 0.2) is 30.7 Å². The molecule has 0 fully saturated rings. The van der Waals surface area contributed by atoms with Gasteiger partial charge in [0.25, 0.3) is 0 Å². The average molecular weight is 270 g/mol. The van der Waals surface area contributed by atoms with Crippen LogP contribution in [-0.2, 0) is 6.54 Å². The van der Waals surface area contributed by atoms with E-state index in [-0.39, 0.29) is 0 Å². The first-order valence-electron chi connectivity index (χ1n) is 6.71. The number of aromatic nitrogens is 4. The molecule has 1 N–H and O–H groups in total. The van der Waals surface area contributed by atoms with E-state index >= 15 is 0 Å². The SMILES string of the molecule is Cc1nn(CC(C)O)cc1-c1ccn2ncc(C)c2c1. The van der Waals surface area contributed by atoms with E-state index in [1.54, 1.807) is 11.6 Å². The Morgan fingerprint density at radius 3 is 2.90 bits per heavy atom. The maximum atomic E-state index is 9.45. The summed E-state index contributed by atoms with van der Waals surface area (Å²) >= 11 is 0. The molecule has 0 radical (unpaired) electrons. The second kappa shape index (κ2) is 4.76. The highest BCUT2D eigenvalue weighted by molar-refractivity contribution is 5.71. The van der Waals surface area contributed by atoms with Gasteiger partial charge in [0.2, 0.25) is 0 Å². The summed E-state index contributed by atoms with van der Waals surface area (Å²) in [5.74, 6) is 0. The molecule has 0 aromatic carbocycles. The van der Waals surface area contributed by atoms with Gasteiger partial charge in [-0.1, -0.05) is 0 Å². The fourth-order valence-electron chi connectivity index (χ4n) is 2.44. The number of aliphatic hydroxyl groups is 1. The maximum absolute atomic E-state index is 9.45. The summed E-state index contributed by atoms with van der Waals surface area (Å²) in [6.07, 6.45) is 5.41. The van der Waals surface area contributed by atoms with Crippen molar-refractivity contribution in [2.45, 2.75) is 33.4 Å². The van der Waals surface area contributed by atoms with Crippen molar-refractivity contribution in [2.75, 3.05) is 0 Å². The molecule has 5 nitrogen and oxygen atoms in total. The minimum absolute atomic E-state index is 0.401. The van der Waals surface area contributed by atoms with E-state index in [1.807, 2.05) is 36.1 Å². The van der Waals surface area contributed by atoms with Gasteiger partial charge in [0.15, 0.2) is 0 Å². The van der Waals surface area contributed by atoms with E-state index in [2.05, 4.69) is 23.2 Å². The number of aliphatic hydroxyl groups excluding tert-OH is 1. The minimum atomic E-state index is -0.401. The summed E-state index contributed by atoms with van der Waals surface area (Å²) in [7, 11) is 0. The molecule has 20 heavy (non-hydrogen) atoms. The molecular formula is C15H18N4O. The predicted molar refractivity (Wildman–Crippen MR) is 77.6 cm³/mol. The third-order valence-electron chi connectivity index (χ3n) is 3.42. The lowest BCUT2D eigenvalue weighted by molar-refractivity contribution is 0.168. The third kappa shape index (κ3) is 2.20. The number of fused-ring (bicyclic) bond motifs is 1. The fraction of sp³-hybridized carbons (Fsp3) is 0.333. The molecule has 0 saturated carbocycles. The molecule has 3 aromatic heterocycles. The van der Waals surface area contributed by atoms with Crippen molar-refractivity contribution in [3.05, 3.63) is 42.0 Å². The quantitative estimate of drug-likeness (QED) is 0.793. The van der Waals surface area contributed by atoms with Gasteiger partial charge >= 0.3 is 0 Å². The van der Waals surface area contributed by atoms with Crippen molar-refractivity contribution in [2.24, 2.45) is 0 Å². The van der Waals surface area contributed by atoms with Gasteiger partial charge in [-0.25, -0.2) is 4.52 Å². The van der Waals surface area contributed by atoms with Crippen LogP contribution < -0.4 is 0 Å². The molecule has 0 saturated heterocycles. The smallest absolute Gasteiger partial charge is 0.0708 e. The summed E-state index contributed by atoms with van der Waals surface area (Å²) < 4.78 is 3.66. The largest absolute Gasteiger partial charge is 0.391 e. The molecule has 0 aliphatic rings. The summed E-state index contributed by atoms with van der Waals surface area (Å²) in [5.41, 5.74) is 5.43. The highest BCUT2D eigenvalue weighted by atomic mass is 16.3. The number of hydrogen-bond acceptors (Lipinski definition) is 3. The number of nitrogens with zero attached hydrogens (tertiary/aromatic N) is 4. The summed E-state index contributed by atoms with van der Waals surface area (Å²) in [5, 5.41) is 18.2. The van der Waals surface area contributed by atoms with Crippen molar-refractivity contribution in [1.82, 2.24) is 19.4 Å². The van der Waals surface area contributed by atoms with Gasteiger partial charge in [0.1, 0.15) is 0 Å². The Labute approximate surface area is 117 Å². The lowest BCUT2D eigenvalue weighted by Crippen LogP contribution is -2.11. The first kappa shape index (κ1) is 12.9. The first-order valence-corrected chi connectivity index (χ1v) is 6.71. The molecule has 0 aliphatic heterocycles. The lowest BCUT2D eigenvalue weighted by atomic mass is 10.1. The Kier molecular flexibility index (Phi) is 3.06. The average Bonchev–Trinajstić information content (AvgIpc) is 2.93. The van der Waals surface area contributed by atoms with Crippen molar-refractivity contribution in [1.29, 1.82) is 0 Å². The monoisotopic (exact) mass is 270 g/mol. The van der Waals surface area contributed by atoms with Gasteiger partial charge in [-0.05, 0) is 44.0 Å². The molecule has 104 valence electrons. The second-order valence-corrected chi connectivity index (χ2v) is 5.27. The second-order valence-electron chi connectivity index (χ2n) is 5.27. The van der Waals surface area contributed by atoms with Gasteiger partial charge in [-0.15, -0.1) is 0 Å². The van der Waals surface area contributed by atoms with Crippen LogP contribution in [-0.4, -0.2) is 30.6 Å². The van der Waals surface area contributed by atoms with Crippen molar-refractivity contribution < 1.29 is 5.11 Å². The summed E-state index contributed by atoms with van der Waals surface area (Å²) in [4.78, 5) is 0. The van der Waals surface area contributed by atoms with Gasteiger partial charge in [-0.3, -0.25) is 4.68 Å². The molecule has 3 aromatic rings. The topological polar surface area (TPSA) is 55.3 Å². The highest BCUT2D eigenvalue weighted by Crippen LogP contribution is 2.24. The normalized spacial score (nSPS) is 13.0. The van der Waals surface area contributed by atoms with E-state index in [4.69, 9.17) is 0 Å². The molecule has 0 aliphatic carbocycles. The summed E-state index contributed by atoms with van der Waals surface area (Å²) in [6.45, 7) is 6.31. The summed E-state index contributed by atoms with van der Waals surface area (Å²) in [6, 6.07) is 4.16. The zero-order chi connectivity index (χ0) is 14.3. The van der Waals surface area contributed by atoms with Crippen LogP contribution in [0.4, 0.5) is 0 Å². The third-order valence-corrected chi connectivity index (χ3v) is 3.42. The number of rotatable bonds is 3. The molecule has 0 spiro atoms. The van der Waals surface area contributed by atoms with Crippen molar-refractivity contribution >= 4 is 5.52 Å². The lowest BCUT2D eigenvalue weighted by Gasteiger charge is -2.03. The van der Waals surface area contributed by atoms with Crippen LogP contribution in [0.2, 0.25) is 0 Å². The van der Waals surface area contributed by atoms with Gasteiger partial charge < -0.3 is 5.11 Å². The Hall–Kier alpha value is -2.14. The van der Waals surface area contributed by atoms with Crippen LogP contribution in [0.3, 0.4) is 0 Å². The Morgan fingerprint density at radius 2 is 2.15 bits per heavy atom. The van der Waals surface area contributed by atoms with Crippen molar-refractivity contribution in [3.63, 3.8) is 0 Å². The number of aryl methyl sites for hydroxylation is 2. The molecule has 0 amide bonds. The standard InChI is InChI=1S/C15H18N4O/c1-10-7-16-19-5-4-13(6-15(10)19)14-9-18(8-11(2)20)17-12(14)3/h4-7,9,11,20H,8H2,1-3H3. The molecular weight excluding hydrogens is 252 g/mol. The van der Waals surface area contributed by atoms with Crippen LogP contribution >= 0.6 is 0 Å². The first-order chi connectivity index (χ1) is 9.54. The fourth-order valence-corrected chi connectivity index (χ4v) is 2.44. The van der Waals surface area contributed by atoms with Crippen LogP contribution in [0.5, 0.6) is 0 Å². The number of pyridine rings is 1. The van der Waals surface area contributed by atoms with Gasteiger partial charge in [0, 0.05) is 18.0 Å². The zero-order valence-electron chi connectivity index (χ0n) is 11.9. The van der Waals surface area contributed by atoms with E-state index in [0.717, 1.165) is 27.9 Å². The molecule has 1 unspecified atom stereocenters. The van der Waals surface area contributed by atoms with E-state index in [1.165, 1.54) is 0 Å². The molecule has 0 bridgehead atoms. The Morgan fingerprint density at radius 1 is 1.35 bits per heavy atom. The molecule has 5 heteroatoms. The number of hydrogen-bond donors (Lipinski definition) is 1. The molecule has 1 atom stereocenters. The van der Waals surface area contributed by atoms with Crippen LogP contribution in [0.25, 0.3) is 16.6 Å². The maximum Gasteiger partial charge on any atom is 0.0708 e. The van der Waals surface area contributed by atoms with E-state index < -0.39 is 6.10 Å². The van der Waals surface area contributed by atoms with E-state index in [0.29, 0.717) is 6.54 Å². The van der Waals surface area contributed by atoms with Crippen LogP contribution in [0.1, 0.15) is 18.2 Å². The Bertz CT molecular complexity index is 754. The Balaban J connectivity index is 2.05.